The number of fused-ring (bicyclic) bond motifs is 2. The van der Waals surface area contributed by atoms with Gasteiger partial charge in [0, 0.05) is 18.5 Å². The van der Waals surface area contributed by atoms with Gasteiger partial charge in [-0.2, -0.15) is 0 Å². The SMILES string of the molecule is COC(=O)[C@@H]1[C@H]2CC[C@@H](C[C@H]1OC(=O)c1ccccc1)N2C. The first-order chi connectivity index (χ1) is 10.6. The molecule has 0 saturated carbocycles. The van der Waals surface area contributed by atoms with Crippen LogP contribution in [0.2, 0.25) is 0 Å². The maximum Gasteiger partial charge on any atom is 0.338 e. The summed E-state index contributed by atoms with van der Waals surface area (Å²) in [5.74, 6) is -1.06. The highest BCUT2D eigenvalue weighted by Gasteiger charge is 2.50. The molecule has 0 spiro atoms. The molecule has 0 unspecified atom stereocenters. The Morgan fingerprint density at radius 3 is 2.59 bits per heavy atom. The zero-order valence-corrected chi connectivity index (χ0v) is 12.9. The summed E-state index contributed by atoms with van der Waals surface area (Å²) in [4.78, 5) is 26.7. The fraction of sp³-hybridized carbons (Fsp3) is 0.529. The Morgan fingerprint density at radius 2 is 1.91 bits per heavy atom. The Labute approximate surface area is 130 Å². The number of benzene rings is 1. The molecule has 0 aromatic heterocycles. The van der Waals surface area contributed by atoms with Crippen molar-refractivity contribution in [2.45, 2.75) is 37.5 Å². The minimum atomic E-state index is -0.408. The molecular formula is C17H21NO4. The molecule has 2 bridgehead atoms. The summed E-state index contributed by atoms with van der Waals surface area (Å²) in [7, 11) is 3.42. The van der Waals surface area contributed by atoms with Gasteiger partial charge in [0.2, 0.25) is 0 Å². The lowest BCUT2D eigenvalue weighted by Crippen LogP contribution is -2.53. The van der Waals surface area contributed by atoms with Crippen LogP contribution in [0.5, 0.6) is 0 Å². The molecule has 5 heteroatoms. The average Bonchev–Trinajstić information content (AvgIpc) is 2.78. The van der Waals surface area contributed by atoms with Gasteiger partial charge in [0.05, 0.1) is 12.7 Å². The first-order valence-corrected chi connectivity index (χ1v) is 7.67. The number of rotatable bonds is 3. The second kappa shape index (κ2) is 6.08. The lowest BCUT2D eigenvalue weighted by Gasteiger charge is -2.40. The molecule has 4 atom stereocenters. The van der Waals surface area contributed by atoms with E-state index in [4.69, 9.17) is 9.47 Å². The molecule has 22 heavy (non-hydrogen) atoms. The summed E-state index contributed by atoms with van der Waals surface area (Å²) in [6, 6.07) is 9.36. The van der Waals surface area contributed by atoms with E-state index < -0.39 is 12.0 Å². The molecule has 3 rings (SSSR count). The van der Waals surface area contributed by atoms with Crippen molar-refractivity contribution < 1.29 is 19.1 Å². The summed E-state index contributed by atoms with van der Waals surface area (Å²) in [5, 5.41) is 0. The number of esters is 2. The number of methoxy groups -OCH3 is 1. The highest BCUT2D eigenvalue weighted by atomic mass is 16.6. The number of hydrogen-bond donors (Lipinski definition) is 0. The van der Waals surface area contributed by atoms with Crippen LogP contribution in [0.15, 0.2) is 30.3 Å². The lowest BCUT2D eigenvalue weighted by atomic mass is 9.87. The number of nitrogens with zero attached hydrogens (tertiary/aromatic N) is 1. The van der Waals surface area contributed by atoms with Crippen LogP contribution in [0.4, 0.5) is 0 Å². The molecular weight excluding hydrogens is 282 g/mol. The average molecular weight is 303 g/mol. The first-order valence-electron chi connectivity index (χ1n) is 7.67. The summed E-state index contributed by atoms with van der Waals surface area (Å²) in [6.45, 7) is 0. The third-order valence-corrected chi connectivity index (χ3v) is 4.96. The van der Waals surface area contributed by atoms with Crippen molar-refractivity contribution in [2.75, 3.05) is 14.2 Å². The number of carbonyl (C=O) groups is 2. The van der Waals surface area contributed by atoms with E-state index >= 15 is 0 Å². The van der Waals surface area contributed by atoms with Crippen LogP contribution < -0.4 is 0 Å². The fourth-order valence-corrected chi connectivity index (χ4v) is 3.77. The number of hydrogen-bond acceptors (Lipinski definition) is 5. The Bertz CT molecular complexity index is 559. The van der Waals surface area contributed by atoms with Crippen LogP contribution in [-0.4, -0.2) is 49.2 Å². The smallest absolute Gasteiger partial charge is 0.338 e. The van der Waals surface area contributed by atoms with Crippen LogP contribution in [0.1, 0.15) is 29.6 Å². The molecule has 0 radical (unpaired) electrons. The number of ether oxygens (including phenoxy) is 2. The molecule has 5 nitrogen and oxygen atoms in total. The number of carbonyl (C=O) groups excluding carboxylic acids is 2. The second-order valence-electron chi connectivity index (χ2n) is 6.06. The minimum Gasteiger partial charge on any atom is -0.469 e. The van der Waals surface area contributed by atoms with E-state index in [1.54, 1.807) is 24.3 Å². The topological polar surface area (TPSA) is 55.8 Å². The largest absolute Gasteiger partial charge is 0.469 e. The number of piperidine rings is 1. The van der Waals surface area contributed by atoms with Crippen molar-refractivity contribution in [3.63, 3.8) is 0 Å². The first kappa shape index (κ1) is 15.0. The summed E-state index contributed by atoms with van der Waals surface area (Å²) in [6.07, 6.45) is 2.26. The van der Waals surface area contributed by atoms with Gasteiger partial charge in [-0.25, -0.2) is 4.79 Å². The van der Waals surface area contributed by atoms with Gasteiger partial charge in [0.25, 0.3) is 0 Å². The normalized spacial score (nSPS) is 30.8. The molecule has 2 aliphatic heterocycles. The van der Waals surface area contributed by atoms with E-state index in [1.807, 2.05) is 13.1 Å². The van der Waals surface area contributed by atoms with Gasteiger partial charge in [-0.3, -0.25) is 9.69 Å². The lowest BCUT2D eigenvalue weighted by molar-refractivity contribution is -0.156. The van der Waals surface area contributed by atoms with Crippen molar-refractivity contribution in [3.8, 4) is 0 Å². The van der Waals surface area contributed by atoms with Crippen LogP contribution in [0.25, 0.3) is 0 Å². The monoisotopic (exact) mass is 303 g/mol. The molecule has 2 saturated heterocycles. The van der Waals surface area contributed by atoms with Gasteiger partial charge in [-0.05, 0) is 32.0 Å². The molecule has 1 aromatic rings. The predicted octanol–water partition coefficient (Wildman–Crippen LogP) is 1.87. The third kappa shape index (κ3) is 2.61. The van der Waals surface area contributed by atoms with Gasteiger partial charge < -0.3 is 9.47 Å². The predicted molar refractivity (Wildman–Crippen MR) is 80.3 cm³/mol. The maximum atomic E-state index is 12.3. The van der Waals surface area contributed by atoms with Crippen molar-refractivity contribution in [3.05, 3.63) is 35.9 Å². The maximum absolute atomic E-state index is 12.3. The molecule has 118 valence electrons. The zero-order valence-electron chi connectivity index (χ0n) is 12.9. The van der Waals surface area contributed by atoms with Crippen molar-refractivity contribution in [1.82, 2.24) is 4.90 Å². The minimum absolute atomic E-state index is 0.0970. The summed E-state index contributed by atoms with van der Waals surface area (Å²) in [5.41, 5.74) is 0.511. The standard InChI is InChI=1S/C17H21NO4/c1-18-12-8-9-13(18)15(17(20)21-2)14(10-12)22-16(19)11-6-4-3-5-7-11/h3-7,12-15H,8-10H2,1-2H3/t12-,13+,14+,15+/m0/s1. The van der Waals surface area contributed by atoms with Crippen molar-refractivity contribution >= 4 is 11.9 Å². The van der Waals surface area contributed by atoms with E-state index in [1.165, 1.54) is 7.11 Å². The molecule has 0 N–H and O–H groups in total. The van der Waals surface area contributed by atoms with E-state index in [9.17, 15) is 9.59 Å². The molecule has 2 aliphatic rings. The van der Waals surface area contributed by atoms with E-state index in [-0.39, 0.29) is 18.0 Å². The molecule has 2 heterocycles. The van der Waals surface area contributed by atoms with Crippen molar-refractivity contribution in [1.29, 1.82) is 0 Å². The van der Waals surface area contributed by atoms with Gasteiger partial charge >= 0.3 is 11.9 Å². The Kier molecular flexibility index (Phi) is 4.16. The Balaban J connectivity index is 1.79. The molecule has 0 aliphatic carbocycles. The van der Waals surface area contributed by atoms with E-state index in [2.05, 4.69) is 4.90 Å². The third-order valence-electron chi connectivity index (χ3n) is 4.96. The highest BCUT2D eigenvalue weighted by molar-refractivity contribution is 5.89. The highest BCUT2D eigenvalue weighted by Crippen LogP contribution is 2.40. The summed E-state index contributed by atoms with van der Waals surface area (Å²) < 4.78 is 10.6. The zero-order chi connectivity index (χ0) is 15.7. The van der Waals surface area contributed by atoms with Gasteiger partial charge in [-0.15, -0.1) is 0 Å². The fourth-order valence-electron chi connectivity index (χ4n) is 3.77. The van der Waals surface area contributed by atoms with Crippen LogP contribution >= 0.6 is 0 Å². The van der Waals surface area contributed by atoms with Crippen molar-refractivity contribution in [2.24, 2.45) is 5.92 Å². The van der Waals surface area contributed by atoms with E-state index in [0.717, 1.165) is 12.8 Å². The van der Waals surface area contributed by atoms with Crippen LogP contribution in [0, 0.1) is 5.92 Å². The van der Waals surface area contributed by atoms with E-state index in [0.29, 0.717) is 18.0 Å². The van der Waals surface area contributed by atoms with Gasteiger partial charge in [0.15, 0.2) is 0 Å². The summed E-state index contributed by atoms with van der Waals surface area (Å²) >= 11 is 0. The molecule has 0 amide bonds. The van der Waals surface area contributed by atoms with Crippen LogP contribution in [-0.2, 0) is 14.3 Å². The second-order valence-corrected chi connectivity index (χ2v) is 6.06. The quantitative estimate of drug-likeness (QED) is 0.798. The van der Waals surface area contributed by atoms with Gasteiger partial charge in [0.1, 0.15) is 12.0 Å². The van der Waals surface area contributed by atoms with Crippen LogP contribution in [0.3, 0.4) is 0 Å². The molecule has 1 aromatic carbocycles. The van der Waals surface area contributed by atoms with Gasteiger partial charge in [-0.1, -0.05) is 18.2 Å². The Hall–Kier alpha value is -1.88. The molecule has 2 fully saturated rings. The Morgan fingerprint density at radius 1 is 1.18 bits per heavy atom.